The van der Waals surface area contributed by atoms with Crippen LogP contribution in [0.3, 0.4) is 0 Å². The van der Waals surface area contributed by atoms with Crippen LogP contribution in [0.15, 0.2) is 12.1 Å². The van der Waals surface area contributed by atoms with Gasteiger partial charge in [-0.25, -0.2) is 0 Å². The summed E-state index contributed by atoms with van der Waals surface area (Å²) in [6.45, 7) is 2.49. The first-order valence-electron chi connectivity index (χ1n) is 5.19. The van der Waals surface area contributed by atoms with Crippen LogP contribution < -0.4 is 10.5 Å². The second kappa shape index (κ2) is 5.89. The predicted molar refractivity (Wildman–Crippen MR) is 60.3 cm³/mol. The van der Waals surface area contributed by atoms with E-state index in [4.69, 9.17) is 10.5 Å². The number of hydrogen-bond donors (Lipinski definition) is 1. The smallest absolute Gasteiger partial charge is 0.331 e. The fraction of sp³-hybridized carbons (Fsp3) is 0.500. The average Bonchev–Trinajstić information content (AvgIpc) is 2.24. The number of unbranched alkanes of at least 4 members (excludes halogenated alkanes) is 2. The van der Waals surface area contributed by atoms with Gasteiger partial charge in [-0.2, -0.15) is 4.98 Å². The van der Waals surface area contributed by atoms with Crippen molar-refractivity contribution in [3.63, 3.8) is 0 Å². The Kier molecular flexibility index (Phi) is 4.50. The number of nitro groups is 1. The summed E-state index contributed by atoms with van der Waals surface area (Å²) in [6, 6.07) is 2.69. The fourth-order valence-corrected chi connectivity index (χ4v) is 1.21. The summed E-state index contributed by atoms with van der Waals surface area (Å²) >= 11 is 0. The molecular formula is C10H15N3O3. The Balaban J connectivity index is 2.68. The number of nitrogens with two attached hydrogens (primary N) is 1. The van der Waals surface area contributed by atoms with Crippen molar-refractivity contribution in [1.82, 2.24) is 4.98 Å². The first-order valence-corrected chi connectivity index (χ1v) is 5.19. The minimum atomic E-state index is -0.526. The van der Waals surface area contributed by atoms with Gasteiger partial charge < -0.3 is 10.5 Å². The summed E-state index contributed by atoms with van der Waals surface area (Å²) in [5.74, 6) is 0.220. The summed E-state index contributed by atoms with van der Waals surface area (Å²) in [4.78, 5) is 13.9. The van der Waals surface area contributed by atoms with Crippen LogP contribution in [0.25, 0.3) is 0 Å². The van der Waals surface area contributed by atoms with Crippen molar-refractivity contribution in [3.05, 3.63) is 22.2 Å². The molecule has 0 unspecified atom stereocenters. The Morgan fingerprint density at radius 1 is 1.50 bits per heavy atom. The van der Waals surface area contributed by atoms with E-state index in [1.54, 1.807) is 0 Å². The SMILES string of the molecule is CCCCCOc1nc(N)ccc1[N+](=O)[O-]. The lowest BCUT2D eigenvalue weighted by atomic mass is 10.3. The highest BCUT2D eigenvalue weighted by Crippen LogP contribution is 2.25. The van der Waals surface area contributed by atoms with Crippen molar-refractivity contribution < 1.29 is 9.66 Å². The average molecular weight is 225 g/mol. The molecule has 1 aromatic heterocycles. The number of hydrogen-bond acceptors (Lipinski definition) is 5. The highest BCUT2D eigenvalue weighted by Gasteiger charge is 2.16. The molecule has 6 heteroatoms. The summed E-state index contributed by atoms with van der Waals surface area (Å²) in [6.07, 6.45) is 2.94. The molecule has 0 spiro atoms. The molecule has 0 aliphatic carbocycles. The van der Waals surface area contributed by atoms with E-state index in [1.165, 1.54) is 12.1 Å². The molecule has 2 N–H and O–H groups in total. The van der Waals surface area contributed by atoms with Crippen molar-refractivity contribution >= 4 is 11.5 Å². The van der Waals surface area contributed by atoms with Gasteiger partial charge in [-0.3, -0.25) is 10.1 Å². The maximum Gasteiger partial charge on any atom is 0.331 e. The second-order valence-electron chi connectivity index (χ2n) is 3.37. The molecule has 0 atom stereocenters. The zero-order valence-corrected chi connectivity index (χ0v) is 9.18. The van der Waals surface area contributed by atoms with E-state index < -0.39 is 4.92 Å². The first-order chi connectivity index (χ1) is 7.65. The molecule has 0 fully saturated rings. The van der Waals surface area contributed by atoms with Crippen molar-refractivity contribution in [3.8, 4) is 5.88 Å². The lowest BCUT2D eigenvalue weighted by molar-refractivity contribution is -0.386. The van der Waals surface area contributed by atoms with Crippen molar-refractivity contribution in [1.29, 1.82) is 0 Å². The Labute approximate surface area is 93.6 Å². The number of nitrogens with zero attached hydrogens (tertiary/aromatic N) is 2. The van der Waals surface area contributed by atoms with Crippen molar-refractivity contribution in [2.45, 2.75) is 26.2 Å². The third-order valence-corrected chi connectivity index (χ3v) is 2.05. The Morgan fingerprint density at radius 2 is 2.25 bits per heavy atom. The molecule has 0 radical (unpaired) electrons. The quantitative estimate of drug-likeness (QED) is 0.455. The molecule has 16 heavy (non-hydrogen) atoms. The number of nitrogen functional groups attached to an aromatic ring is 1. The number of anilines is 1. The van der Waals surface area contributed by atoms with E-state index in [9.17, 15) is 10.1 Å². The zero-order chi connectivity index (χ0) is 12.0. The first kappa shape index (κ1) is 12.2. The highest BCUT2D eigenvalue weighted by atomic mass is 16.6. The van der Waals surface area contributed by atoms with Crippen molar-refractivity contribution in [2.24, 2.45) is 0 Å². The van der Waals surface area contributed by atoms with E-state index in [-0.39, 0.29) is 17.4 Å². The van der Waals surface area contributed by atoms with Gasteiger partial charge in [-0.05, 0) is 12.5 Å². The number of rotatable bonds is 6. The molecule has 1 rings (SSSR count). The largest absolute Gasteiger partial charge is 0.473 e. The van der Waals surface area contributed by atoms with Gasteiger partial charge in [0.2, 0.25) is 0 Å². The van der Waals surface area contributed by atoms with Gasteiger partial charge in [0.15, 0.2) is 0 Å². The highest BCUT2D eigenvalue weighted by molar-refractivity contribution is 5.46. The minimum absolute atomic E-state index is 0.00102. The standard InChI is InChI=1S/C10H15N3O3/c1-2-3-4-7-16-10-8(13(14)15)5-6-9(11)12-10/h5-6H,2-4,7H2,1H3,(H2,11,12). The zero-order valence-electron chi connectivity index (χ0n) is 9.18. The van der Waals surface area contributed by atoms with Crippen LogP contribution in [-0.2, 0) is 0 Å². The van der Waals surface area contributed by atoms with Crippen LogP contribution in [0.5, 0.6) is 5.88 Å². The molecule has 0 aliphatic rings. The molecule has 88 valence electrons. The van der Waals surface area contributed by atoms with Crippen LogP contribution in [0.2, 0.25) is 0 Å². The van der Waals surface area contributed by atoms with E-state index in [0.29, 0.717) is 6.61 Å². The Morgan fingerprint density at radius 3 is 2.88 bits per heavy atom. The van der Waals surface area contributed by atoms with Gasteiger partial charge in [0.1, 0.15) is 5.82 Å². The maximum atomic E-state index is 10.7. The summed E-state index contributed by atoms with van der Waals surface area (Å²) < 4.78 is 5.25. The van der Waals surface area contributed by atoms with E-state index >= 15 is 0 Å². The molecule has 1 aromatic rings. The van der Waals surface area contributed by atoms with Crippen molar-refractivity contribution in [2.75, 3.05) is 12.3 Å². The third-order valence-electron chi connectivity index (χ3n) is 2.05. The summed E-state index contributed by atoms with van der Waals surface area (Å²) in [5, 5.41) is 10.7. The topological polar surface area (TPSA) is 91.3 Å². The lowest BCUT2D eigenvalue weighted by Crippen LogP contribution is -2.04. The maximum absolute atomic E-state index is 10.7. The van der Waals surface area contributed by atoms with Crippen LogP contribution in [0, 0.1) is 10.1 Å². The fourth-order valence-electron chi connectivity index (χ4n) is 1.21. The predicted octanol–water partition coefficient (Wildman–Crippen LogP) is 2.14. The second-order valence-corrected chi connectivity index (χ2v) is 3.37. The number of ether oxygens (including phenoxy) is 1. The Hall–Kier alpha value is -1.85. The van der Waals surface area contributed by atoms with Gasteiger partial charge in [0.05, 0.1) is 11.5 Å². The molecule has 1 heterocycles. The monoisotopic (exact) mass is 225 g/mol. The van der Waals surface area contributed by atoms with E-state index in [2.05, 4.69) is 11.9 Å². The lowest BCUT2D eigenvalue weighted by Gasteiger charge is -2.05. The van der Waals surface area contributed by atoms with Crippen LogP contribution in [0.1, 0.15) is 26.2 Å². The van der Waals surface area contributed by atoms with Crippen LogP contribution >= 0.6 is 0 Å². The van der Waals surface area contributed by atoms with Gasteiger partial charge in [-0.15, -0.1) is 0 Å². The molecule has 0 aromatic carbocycles. The van der Waals surface area contributed by atoms with E-state index in [0.717, 1.165) is 19.3 Å². The van der Waals surface area contributed by atoms with E-state index in [1.807, 2.05) is 0 Å². The van der Waals surface area contributed by atoms with Gasteiger partial charge in [0.25, 0.3) is 5.88 Å². The normalized spacial score (nSPS) is 10.1. The van der Waals surface area contributed by atoms with Gasteiger partial charge in [-0.1, -0.05) is 19.8 Å². The molecule has 0 aliphatic heterocycles. The molecule has 0 amide bonds. The van der Waals surface area contributed by atoms with Crippen LogP contribution in [0.4, 0.5) is 11.5 Å². The van der Waals surface area contributed by atoms with Gasteiger partial charge >= 0.3 is 5.69 Å². The third kappa shape index (κ3) is 3.38. The summed E-state index contributed by atoms with van der Waals surface area (Å²) in [7, 11) is 0. The molecule has 0 saturated heterocycles. The molecule has 6 nitrogen and oxygen atoms in total. The summed E-state index contributed by atoms with van der Waals surface area (Å²) in [5.41, 5.74) is 5.30. The van der Waals surface area contributed by atoms with Gasteiger partial charge in [0, 0.05) is 6.07 Å². The molecule has 0 bridgehead atoms. The minimum Gasteiger partial charge on any atom is -0.473 e. The number of pyridine rings is 1. The van der Waals surface area contributed by atoms with Crippen LogP contribution in [-0.4, -0.2) is 16.5 Å². The Bertz CT molecular complexity index is 368. The number of aromatic nitrogens is 1. The molecule has 0 saturated carbocycles. The molecular weight excluding hydrogens is 210 g/mol.